The second kappa shape index (κ2) is 6.85. The Kier molecular flexibility index (Phi) is 5.75. The second-order valence-electron chi connectivity index (χ2n) is 5.78. The highest BCUT2D eigenvalue weighted by atomic mass is 16.4. The van der Waals surface area contributed by atoms with Gasteiger partial charge in [0.1, 0.15) is 6.54 Å². The molecule has 5 nitrogen and oxygen atoms in total. The number of carboxylic acids is 1. The highest BCUT2D eigenvalue weighted by molar-refractivity contribution is 5.90. The third kappa shape index (κ3) is 6.71. The summed E-state index contributed by atoms with van der Waals surface area (Å²) >= 11 is 0. The number of likely N-dealkylation sites (N-methyl/N-ethyl adjacent to an activating group) is 1. The number of Topliss-reactive ketones (excluding diaryl/α,β-unsaturated/α-hetero) is 1. The third-order valence-corrected chi connectivity index (χ3v) is 2.60. The molecule has 0 saturated heterocycles. The van der Waals surface area contributed by atoms with Gasteiger partial charge in [0.05, 0.1) is 27.6 Å². The lowest BCUT2D eigenvalue weighted by Gasteiger charge is -2.33. The van der Waals surface area contributed by atoms with E-state index in [0.29, 0.717) is 17.8 Å². The van der Waals surface area contributed by atoms with Crippen molar-refractivity contribution in [2.24, 2.45) is 0 Å². The number of hydrogen-bond donors (Lipinski definition) is 2. The van der Waals surface area contributed by atoms with E-state index in [1.165, 1.54) is 0 Å². The molecule has 0 bridgehead atoms. The zero-order valence-corrected chi connectivity index (χ0v) is 11.6. The van der Waals surface area contributed by atoms with Crippen LogP contribution in [0.2, 0.25) is 0 Å². The summed E-state index contributed by atoms with van der Waals surface area (Å²) in [6.45, 7) is 0.406. The van der Waals surface area contributed by atoms with Crippen molar-refractivity contribution < 1.29 is 25.7 Å². The predicted octanol–water partition coefficient (Wildman–Crippen LogP) is 1.05. The van der Waals surface area contributed by atoms with Gasteiger partial charge in [-0.25, -0.2) is 0 Å². The van der Waals surface area contributed by atoms with Crippen LogP contribution in [0.15, 0.2) is 0 Å². The van der Waals surface area contributed by atoms with E-state index in [1.807, 2.05) is 0 Å². The Bertz CT molecular complexity index is 314. The van der Waals surface area contributed by atoms with Crippen molar-refractivity contribution >= 4 is 11.8 Å². The molecular formula is C13H26NO4+. The standard InChI is InChI=1S/C13H25NO4/c1-5-6-7-8-11(15)13(18,9-12(16)17)10-14(2,3)4/h18H,5-10H2,1-4H3/p+1/t13-/m1/s1/i1D. The van der Waals surface area contributed by atoms with E-state index < -0.39 is 23.8 Å². The number of nitrogens with zero attached hydrogens (tertiary/aromatic N) is 1. The summed E-state index contributed by atoms with van der Waals surface area (Å²) in [5, 5.41) is 19.2. The second-order valence-corrected chi connectivity index (χ2v) is 5.78. The van der Waals surface area contributed by atoms with Gasteiger partial charge in [-0.05, 0) is 6.42 Å². The van der Waals surface area contributed by atoms with Crippen molar-refractivity contribution in [3.63, 3.8) is 0 Å². The predicted molar refractivity (Wildman–Crippen MR) is 69.3 cm³/mol. The van der Waals surface area contributed by atoms with E-state index in [-0.39, 0.29) is 13.0 Å². The van der Waals surface area contributed by atoms with Crippen molar-refractivity contribution in [2.75, 3.05) is 27.7 Å². The van der Waals surface area contributed by atoms with Gasteiger partial charge in [-0.3, -0.25) is 9.59 Å². The zero-order chi connectivity index (χ0) is 15.1. The fourth-order valence-corrected chi connectivity index (χ4v) is 1.97. The Balaban J connectivity index is 4.64. The Hall–Kier alpha value is -0.940. The van der Waals surface area contributed by atoms with Crippen LogP contribution in [0.25, 0.3) is 0 Å². The molecule has 18 heavy (non-hydrogen) atoms. The van der Waals surface area contributed by atoms with E-state index in [0.717, 1.165) is 12.8 Å². The zero-order valence-electron chi connectivity index (χ0n) is 12.6. The quantitative estimate of drug-likeness (QED) is 0.480. The summed E-state index contributed by atoms with van der Waals surface area (Å²) in [6, 6.07) is 0. The van der Waals surface area contributed by atoms with E-state index in [1.54, 1.807) is 21.1 Å². The maximum absolute atomic E-state index is 12.1. The molecule has 0 unspecified atom stereocenters. The van der Waals surface area contributed by atoms with Crippen molar-refractivity contribution in [1.82, 2.24) is 0 Å². The molecule has 0 rings (SSSR count). The fraction of sp³-hybridized carbons (Fsp3) is 0.846. The number of ketones is 1. The number of carbonyl (C=O) groups is 2. The van der Waals surface area contributed by atoms with E-state index in [9.17, 15) is 14.7 Å². The van der Waals surface area contributed by atoms with Gasteiger partial charge in [-0.2, -0.15) is 0 Å². The van der Waals surface area contributed by atoms with Crippen molar-refractivity contribution in [1.29, 1.82) is 0 Å². The van der Waals surface area contributed by atoms with Gasteiger partial charge in [-0.15, -0.1) is 0 Å². The Morgan fingerprint density at radius 1 is 1.28 bits per heavy atom. The van der Waals surface area contributed by atoms with Crippen molar-refractivity contribution in [3.8, 4) is 0 Å². The van der Waals surface area contributed by atoms with Crippen LogP contribution in [0.3, 0.4) is 0 Å². The number of aliphatic carboxylic acids is 1. The number of carboxylic acid groups (broad SMARTS) is 1. The van der Waals surface area contributed by atoms with Crippen LogP contribution in [0.4, 0.5) is 0 Å². The topological polar surface area (TPSA) is 74.6 Å². The lowest BCUT2D eigenvalue weighted by atomic mass is 9.90. The normalized spacial score (nSPS) is 15.9. The van der Waals surface area contributed by atoms with Crippen LogP contribution in [0, 0.1) is 0 Å². The average Bonchev–Trinajstić information content (AvgIpc) is 2.20. The molecular weight excluding hydrogens is 234 g/mol. The fourth-order valence-electron chi connectivity index (χ4n) is 1.97. The van der Waals surface area contributed by atoms with Crippen molar-refractivity contribution in [3.05, 3.63) is 0 Å². The average molecular weight is 261 g/mol. The molecule has 106 valence electrons. The summed E-state index contributed by atoms with van der Waals surface area (Å²) in [5.74, 6) is -1.58. The summed E-state index contributed by atoms with van der Waals surface area (Å²) in [5.41, 5.74) is -1.80. The van der Waals surface area contributed by atoms with Crippen LogP contribution in [0.5, 0.6) is 0 Å². The molecule has 0 aromatic heterocycles. The number of quaternary nitrogens is 1. The number of aliphatic hydroxyl groups is 1. The van der Waals surface area contributed by atoms with Crippen LogP contribution in [-0.4, -0.2) is 59.7 Å². The van der Waals surface area contributed by atoms with Gasteiger partial charge >= 0.3 is 5.97 Å². The molecule has 2 N–H and O–H groups in total. The molecule has 5 heteroatoms. The van der Waals surface area contributed by atoms with Gasteiger partial charge < -0.3 is 14.7 Å². The number of rotatable bonds is 9. The molecule has 0 spiro atoms. The molecule has 0 radical (unpaired) electrons. The summed E-state index contributed by atoms with van der Waals surface area (Å²) in [4.78, 5) is 22.9. The Morgan fingerprint density at radius 2 is 1.89 bits per heavy atom. The lowest BCUT2D eigenvalue weighted by molar-refractivity contribution is -0.875. The first-order valence-corrected chi connectivity index (χ1v) is 6.18. The van der Waals surface area contributed by atoms with Gasteiger partial charge in [0, 0.05) is 7.79 Å². The molecule has 1 atom stereocenters. The van der Waals surface area contributed by atoms with E-state index >= 15 is 0 Å². The van der Waals surface area contributed by atoms with Crippen LogP contribution in [-0.2, 0) is 9.59 Å². The highest BCUT2D eigenvalue weighted by Gasteiger charge is 2.42. The summed E-state index contributed by atoms with van der Waals surface area (Å²) in [7, 11) is 5.42. The minimum atomic E-state index is -1.80. The molecule has 0 aliphatic rings. The van der Waals surface area contributed by atoms with Gasteiger partial charge in [0.2, 0.25) is 0 Å². The number of hydrogen-bond acceptors (Lipinski definition) is 3. The maximum atomic E-state index is 12.1. The maximum Gasteiger partial charge on any atom is 0.306 e. The third-order valence-electron chi connectivity index (χ3n) is 2.60. The van der Waals surface area contributed by atoms with Crippen LogP contribution < -0.4 is 0 Å². The molecule has 0 amide bonds. The number of carbonyl (C=O) groups excluding carboxylic acids is 1. The monoisotopic (exact) mass is 261 g/mol. The van der Waals surface area contributed by atoms with Crippen LogP contribution in [0.1, 0.15) is 40.4 Å². The SMILES string of the molecule is [2H]CCCCCC(=O)[C@@](O)(CC(=O)O)C[N+](C)(C)C. The first-order chi connectivity index (χ1) is 8.60. The van der Waals surface area contributed by atoms with Gasteiger partial charge in [0.25, 0.3) is 0 Å². The molecule has 0 aliphatic heterocycles. The number of unbranched alkanes of at least 4 members (excludes halogenated alkanes) is 2. The van der Waals surface area contributed by atoms with E-state index in [2.05, 4.69) is 0 Å². The van der Waals surface area contributed by atoms with Gasteiger partial charge in [-0.1, -0.05) is 19.7 Å². The first-order valence-electron chi connectivity index (χ1n) is 6.88. The van der Waals surface area contributed by atoms with Crippen LogP contribution >= 0.6 is 0 Å². The molecule has 0 heterocycles. The minimum absolute atomic E-state index is 0.0799. The Morgan fingerprint density at radius 3 is 2.33 bits per heavy atom. The molecule has 0 aliphatic carbocycles. The largest absolute Gasteiger partial charge is 0.481 e. The van der Waals surface area contributed by atoms with E-state index in [4.69, 9.17) is 6.48 Å². The van der Waals surface area contributed by atoms with Gasteiger partial charge in [0.15, 0.2) is 11.4 Å². The Labute approximate surface area is 110 Å². The smallest absolute Gasteiger partial charge is 0.306 e. The highest BCUT2D eigenvalue weighted by Crippen LogP contribution is 2.19. The lowest BCUT2D eigenvalue weighted by Crippen LogP contribution is -2.54. The first kappa shape index (κ1) is 15.1. The molecule has 0 saturated carbocycles. The molecule has 0 fully saturated rings. The molecule has 0 aromatic rings. The summed E-state index contributed by atoms with van der Waals surface area (Å²) in [6.07, 6.45) is 1.68. The minimum Gasteiger partial charge on any atom is -0.481 e. The molecule has 0 aromatic carbocycles. The summed E-state index contributed by atoms with van der Waals surface area (Å²) < 4.78 is 7.33. The van der Waals surface area contributed by atoms with Crippen molar-refractivity contribution in [2.45, 2.75) is 44.6 Å².